The van der Waals surface area contributed by atoms with E-state index >= 15 is 0 Å². The first-order valence-electron chi connectivity index (χ1n) is 9.72. The smallest absolute Gasteiger partial charge is 0.267 e. The van der Waals surface area contributed by atoms with Gasteiger partial charge < -0.3 is 9.73 Å². The summed E-state index contributed by atoms with van der Waals surface area (Å²) in [6, 6.07) is 16.2. The molecule has 4 nitrogen and oxygen atoms in total. The molecule has 1 fully saturated rings. The third-order valence-corrected chi connectivity index (χ3v) is 7.81. The predicted molar refractivity (Wildman–Crippen MR) is 129 cm³/mol. The number of halogens is 1. The predicted octanol–water partition coefficient (Wildman–Crippen LogP) is 5.12. The summed E-state index contributed by atoms with van der Waals surface area (Å²) in [5, 5.41) is 10.4. The van der Waals surface area contributed by atoms with E-state index in [2.05, 4.69) is 46.3 Å². The lowest BCUT2D eigenvalue weighted by atomic mass is 9.43. The molecule has 1 aliphatic heterocycles. The van der Waals surface area contributed by atoms with Gasteiger partial charge in [-0.3, -0.25) is 5.84 Å². The van der Waals surface area contributed by atoms with Crippen molar-refractivity contribution in [2.45, 2.75) is 37.3 Å². The van der Waals surface area contributed by atoms with Crippen molar-refractivity contribution < 1.29 is 0 Å². The number of nitrogens with zero attached hydrogens (tertiary/aromatic N) is 2. The van der Waals surface area contributed by atoms with E-state index in [4.69, 9.17) is 17.4 Å². The molecule has 7 heteroatoms. The SMILES string of the molecule is C=C(NN)c1ccc(CN(c2cccc(Cl)c2)S(=C)C2CCB(C#N)CC2)cc1. The van der Waals surface area contributed by atoms with Crippen LogP contribution in [0.5, 0.6) is 0 Å². The number of hydrogen-bond donors (Lipinski definition) is 2. The fourth-order valence-corrected chi connectivity index (χ4v) is 5.71. The Morgan fingerprint density at radius 3 is 2.55 bits per heavy atom. The van der Waals surface area contributed by atoms with Crippen LogP contribution in [0.1, 0.15) is 24.0 Å². The van der Waals surface area contributed by atoms with Crippen LogP contribution in [0.4, 0.5) is 5.69 Å². The van der Waals surface area contributed by atoms with Crippen molar-refractivity contribution in [2.75, 3.05) is 4.31 Å². The topological polar surface area (TPSA) is 65.1 Å². The summed E-state index contributed by atoms with van der Waals surface area (Å²) >= 11 is 6.28. The van der Waals surface area contributed by atoms with Gasteiger partial charge >= 0.3 is 0 Å². The van der Waals surface area contributed by atoms with Gasteiger partial charge in [0.15, 0.2) is 0 Å². The maximum atomic E-state index is 9.20. The molecule has 0 saturated carbocycles. The Morgan fingerprint density at radius 2 is 1.97 bits per heavy atom. The molecule has 0 aliphatic carbocycles. The Labute approximate surface area is 181 Å². The average molecular weight is 425 g/mol. The number of anilines is 1. The molecule has 1 atom stereocenters. The molecule has 2 aromatic carbocycles. The first kappa shape index (κ1) is 21.5. The van der Waals surface area contributed by atoms with Crippen LogP contribution in [0.2, 0.25) is 17.7 Å². The summed E-state index contributed by atoms with van der Waals surface area (Å²) in [5.41, 5.74) is 6.51. The first-order chi connectivity index (χ1) is 14.0. The van der Waals surface area contributed by atoms with Crippen LogP contribution in [0.25, 0.3) is 5.70 Å². The van der Waals surface area contributed by atoms with E-state index in [9.17, 15) is 5.26 Å². The summed E-state index contributed by atoms with van der Waals surface area (Å²) in [4.78, 5) is 0. The molecule has 0 radical (unpaired) electrons. The van der Waals surface area contributed by atoms with E-state index in [1.165, 1.54) is 5.56 Å². The fourth-order valence-electron chi connectivity index (χ4n) is 3.65. The van der Waals surface area contributed by atoms with Crippen LogP contribution in [-0.2, 0) is 6.54 Å². The molecule has 0 aromatic heterocycles. The van der Waals surface area contributed by atoms with Gasteiger partial charge in [-0.05, 0) is 42.2 Å². The van der Waals surface area contributed by atoms with Crippen molar-refractivity contribution in [3.8, 4) is 5.97 Å². The Morgan fingerprint density at radius 1 is 1.28 bits per heavy atom. The van der Waals surface area contributed by atoms with Crippen molar-refractivity contribution in [3.63, 3.8) is 0 Å². The molecule has 1 heterocycles. The third-order valence-electron chi connectivity index (χ3n) is 5.42. The van der Waals surface area contributed by atoms with Crippen molar-refractivity contribution >= 4 is 46.2 Å². The van der Waals surface area contributed by atoms with Gasteiger partial charge in [-0.2, -0.15) is 0 Å². The summed E-state index contributed by atoms with van der Waals surface area (Å²) in [6.07, 6.45) is 4.02. The zero-order chi connectivity index (χ0) is 20.8. The van der Waals surface area contributed by atoms with Crippen LogP contribution in [0, 0.1) is 11.2 Å². The molecule has 1 unspecified atom stereocenters. The van der Waals surface area contributed by atoms with Crippen LogP contribution >= 0.6 is 22.3 Å². The third kappa shape index (κ3) is 5.45. The molecule has 29 heavy (non-hydrogen) atoms. The number of hydrazine groups is 1. The largest absolute Gasteiger partial charge is 0.324 e. The zero-order valence-electron chi connectivity index (χ0n) is 16.5. The van der Waals surface area contributed by atoms with Crippen LogP contribution in [0.15, 0.2) is 55.1 Å². The molecule has 2 aromatic rings. The minimum Gasteiger partial charge on any atom is -0.324 e. The van der Waals surface area contributed by atoms with Crippen molar-refractivity contribution in [2.24, 2.45) is 5.84 Å². The van der Waals surface area contributed by atoms with Gasteiger partial charge in [-0.25, -0.2) is 5.26 Å². The zero-order valence-corrected chi connectivity index (χ0v) is 18.1. The van der Waals surface area contributed by atoms with Gasteiger partial charge in [0, 0.05) is 27.6 Å². The molecule has 3 rings (SSSR count). The van der Waals surface area contributed by atoms with E-state index < -0.39 is 0 Å². The molecular weight excluding hydrogens is 399 g/mol. The standard InChI is InChI=1S/C22H26BClN4S/c1-17(27-26)19-8-6-18(7-9-19)15-28(21-5-3-4-20(24)14-21)29(2)22-10-12-23(16-25)13-11-22/h3-9,14,22,27H,1-2,10-13,15,26H2. The average Bonchev–Trinajstić information content (AvgIpc) is 2.77. The van der Waals surface area contributed by atoms with Gasteiger partial charge in [0.05, 0.1) is 6.54 Å². The Balaban J connectivity index is 1.83. The van der Waals surface area contributed by atoms with E-state index in [1.54, 1.807) is 0 Å². The number of hydrogen-bond acceptors (Lipinski definition) is 4. The Hall–Kier alpha value is -2.20. The minimum absolute atomic E-state index is 0.194. The van der Waals surface area contributed by atoms with E-state index in [-0.39, 0.29) is 17.4 Å². The van der Waals surface area contributed by atoms with Crippen LogP contribution in [-0.4, -0.2) is 17.8 Å². The highest BCUT2D eigenvalue weighted by atomic mass is 35.5. The molecule has 150 valence electrons. The lowest BCUT2D eigenvalue weighted by molar-refractivity contribution is 0.743. The molecule has 1 saturated heterocycles. The van der Waals surface area contributed by atoms with Gasteiger partial charge in [0.2, 0.25) is 0 Å². The number of rotatable bonds is 7. The fraction of sp³-hybridized carbons (Fsp3) is 0.273. The van der Waals surface area contributed by atoms with Crippen molar-refractivity contribution in [3.05, 3.63) is 71.3 Å². The maximum Gasteiger partial charge on any atom is 0.267 e. The highest BCUT2D eigenvalue weighted by molar-refractivity contribution is 8.15. The van der Waals surface area contributed by atoms with E-state index in [0.29, 0.717) is 10.9 Å². The molecular formula is C22H26BClN4S. The number of nitrogens with one attached hydrogen (secondary N) is 1. The van der Waals surface area contributed by atoms with Crippen molar-refractivity contribution in [1.82, 2.24) is 5.43 Å². The van der Waals surface area contributed by atoms with Gasteiger partial charge in [-0.1, -0.05) is 77.7 Å². The summed E-state index contributed by atoms with van der Waals surface area (Å²) in [6.45, 7) is 4.84. The second-order valence-corrected chi connectivity index (χ2v) is 9.69. The van der Waals surface area contributed by atoms with Crippen molar-refractivity contribution in [1.29, 1.82) is 5.26 Å². The summed E-state index contributed by atoms with van der Waals surface area (Å²) in [7, 11) is -0.221. The van der Waals surface area contributed by atoms with Crippen LogP contribution in [0.3, 0.4) is 0 Å². The van der Waals surface area contributed by atoms with Crippen LogP contribution < -0.4 is 15.6 Å². The lowest BCUT2D eigenvalue weighted by Crippen LogP contribution is -2.28. The maximum absolute atomic E-state index is 9.20. The van der Waals surface area contributed by atoms with Gasteiger partial charge in [0.25, 0.3) is 6.71 Å². The summed E-state index contributed by atoms with van der Waals surface area (Å²) in [5.74, 6) is 12.4. The number of nitriles is 1. The molecule has 0 amide bonds. The Kier molecular flexibility index (Phi) is 7.43. The quantitative estimate of drug-likeness (QED) is 0.280. The van der Waals surface area contributed by atoms with Gasteiger partial charge in [0.1, 0.15) is 0 Å². The van der Waals surface area contributed by atoms with E-state index in [0.717, 1.165) is 48.3 Å². The second kappa shape index (κ2) is 10.0. The van der Waals surface area contributed by atoms with Gasteiger partial charge in [-0.15, -0.1) is 0 Å². The molecule has 3 N–H and O–H groups in total. The number of nitrogens with two attached hydrogens (primary N) is 1. The summed E-state index contributed by atoms with van der Waals surface area (Å²) < 4.78 is 2.36. The second-order valence-electron chi connectivity index (χ2n) is 7.34. The highest BCUT2D eigenvalue weighted by Crippen LogP contribution is 2.40. The molecule has 0 spiro atoms. The molecule has 0 bridgehead atoms. The molecule has 1 aliphatic rings. The lowest BCUT2D eigenvalue weighted by Gasteiger charge is -2.35. The Bertz CT molecular complexity index is 917. The number of benzene rings is 2. The highest BCUT2D eigenvalue weighted by Gasteiger charge is 2.28. The minimum atomic E-state index is -0.221. The monoisotopic (exact) mass is 424 g/mol. The normalized spacial score (nSPS) is 15.4. The first-order valence-corrected chi connectivity index (χ1v) is 11.5. The van der Waals surface area contributed by atoms with E-state index in [1.807, 2.05) is 30.3 Å².